The maximum Gasteiger partial charge on any atom is 0.222 e. The molecule has 1 aromatic rings. The maximum absolute atomic E-state index is 4.32. The fourth-order valence-electron chi connectivity index (χ4n) is 1.99. The molecule has 0 aliphatic heterocycles. The fourth-order valence-corrected chi connectivity index (χ4v) is 1.99. The molecule has 1 N–H and O–H groups in total. The SMILES string of the molecule is CCCCCCCCCCNc1nccc(C)n1. The Balaban J connectivity index is 1.92. The lowest BCUT2D eigenvalue weighted by molar-refractivity contribution is 0.580. The number of aryl methyl sites for hydroxylation is 1. The minimum absolute atomic E-state index is 0.762. The van der Waals surface area contributed by atoms with Gasteiger partial charge in [0.25, 0.3) is 0 Å². The molecule has 0 aromatic carbocycles. The Bertz CT molecular complexity index is 312. The molecule has 0 bridgehead atoms. The molecular formula is C15H27N3. The van der Waals surface area contributed by atoms with Gasteiger partial charge in [0.15, 0.2) is 0 Å². The number of rotatable bonds is 10. The predicted molar refractivity (Wildman–Crippen MR) is 77.9 cm³/mol. The summed E-state index contributed by atoms with van der Waals surface area (Å²) < 4.78 is 0. The number of nitrogens with zero attached hydrogens (tertiary/aromatic N) is 2. The first-order valence-electron chi connectivity index (χ1n) is 7.36. The molecule has 0 saturated carbocycles. The highest BCUT2D eigenvalue weighted by molar-refractivity contribution is 5.24. The Hall–Kier alpha value is -1.12. The van der Waals surface area contributed by atoms with E-state index in [1.807, 2.05) is 13.0 Å². The molecule has 0 radical (unpaired) electrons. The van der Waals surface area contributed by atoms with Gasteiger partial charge in [-0.05, 0) is 19.4 Å². The molecular weight excluding hydrogens is 222 g/mol. The smallest absolute Gasteiger partial charge is 0.222 e. The quantitative estimate of drug-likeness (QED) is 0.627. The number of aromatic nitrogens is 2. The summed E-state index contributed by atoms with van der Waals surface area (Å²) in [5.41, 5.74) is 1.02. The van der Waals surface area contributed by atoms with E-state index in [4.69, 9.17) is 0 Å². The molecule has 1 aromatic heterocycles. The van der Waals surface area contributed by atoms with Gasteiger partial charge in [0.1, 0.15) is 0 Å². The van der Waals surface area contributed by atoms with Crippen LogP contribution >= 0.6 is 0 Å². The van der Waals surface area contributed by atoms with Crippen LogP contribution in [0.15, 0.2) is 12.3 Å². The van der Waals surface area contributed by atoms with Crippen molar-refractivity contribution in [2.24, 2.45) is 0 Å². The van der Waals surface area contributed by atoms with E-state index in [1.165, 1.54) is 51.4 Å². The van der Waals surface area contributed by atoms with Crippen molar-refractivity contribution >= 4 is 5.95 Å². The lowest BCUT2D eigenvalue weighted by atomic mass is 10.1. The van der Waals surface area contributed by atoms with E-state index in [-0.39, 0.29) is 0 Å². The molecule has 102 valence electrons. The van der Waals surface area contributed by atoms with Gasteiger partial charge >= 0.3 is 0 Å². The summed E-state index contributed by atoms with van der Waals surface area (Å²) in [5.74, 6) is 0.762. The van der Waals surface area contributed by atoms with Gasteiger partial charge in [-0.2, -0.15) is 0 Å². The first kappa shape index (κ1) is 14.9. The molecule has 18 heavy (non-hydrogen) atoms. The van der Waals surface area contributed by atoms with Crippen molar-refractivity contribution in [3.8, 4) is 0 Å². The predicted octanol–water partition coefficient (Wildman–Crippen LogP) is 4.34. The summed E-state index contributed by atoms with van der Waals surface area (Å²) in [6.07, 6.45) is 12.6. The van der Waals surface area contributed by atoms with Crippen LogP contribution in [0.4, 0.5) is 5.95 Å². The van der Waals surface area contributed by atoms with Crippen LogP contribution in [-0.2, 0) is 0 Å². The lowest BCUT2D eigenvalue weighted by Gasteiger charge is -2.05. The maximum atomic E-state index is 4.32. The topological polar surface area (TPSA) is 37.8 Å². The summed E-state index contributed by atoms with van der Waals surface area (Å²) in [5, 5.41) is 3.27. The van der Waals surface area contributed by atoms with E-state index in [2.05, 4.69) is 22.2 Å². The largest absolute Gasteiger partial charge is 0.354 e. The average Bonchev–Trinajstić information content (AvgIpc) is 2.37. The molecule has 1 heterocycles. The Kier molecular flexibility index (Phi) is 8.19. The van der Waals surface area contributed by atoms with Crippen molar-refractivity contribution in [1.82, 2.24) is 9.97 Å². The van der Waals surface area contributed by atoms with Gasteiger partial charge in [0.2, 0.25) is 5.95 Å². The molecule has 0 saturated heterocycles. The first-order valence-corrected chi connectivity index (χ1v) is 7.36. The zero-order valence-corrected chi connectivity index (χ0v) is 11.9. The van der Waals surface area contributed by atoms with Gasteiger partial charge in [-0.25, -0.2) is 9.97 Å². The summed E-state index contributed by atoms with van der Waals surface area (Å²) in [6, 6.07) is 1.92. The third-order valence-electron chi connectivity index (χ3n) is 3.11. The highest BCUT2D eigenvalue weighted by atomic mass is 15.1. The Morgan fingerprint density at radius 3 is 2.33 bits per heavy atom. The van der Waals surface area contributed by atoms with Crippen LogP contribution in [0.2, 0.25) is 0 Å². The van der Waals surface area contributed by atoms with Crippen LogP contribution in [0, 0.1) is 6.92 Å². The molecule has 0 spiro atoms. The normalized spacial score (nSPS) is 10.6. The van der Waals surface area contributed by atoms with Crippen molar-refractivity contribution in [2.45, 2.75) is 65.2 Å². The fraction of sp³-hybridized carbons (Fsp3) is 0.733. The zero-order valence-electron chi connectivity index (χ0n) is 11.9. The zero-order chi connectivity index (χ0) is 13.1. The summed E-state index contributed by atoms with van der Waals surface area (Å²) in [7, 11) is 0. The van der Waals surface area contributed by atoms with Crippen LogP contribution in [0.5, 0.6) is 0 Å². The van der Waals surface area contributed by atoms with Gasteiger partial charge in [-0.3, -0.25) is 0 Å². The van der Waals surface area contributed by atoms with Crippen molar-refractivity contribution in [3.05, 3.63) is 18.0 Å². The second-order valence-electron chi connectivity index (χ2n) is 4.92. The van der Waals surface area contributed by atoms with Gasteiger partial charge in [0, 0.05) is 18.4 Å². The summed E-state index contributed by atoms with van der Waals surface area (Å²) in [4.78, 5) is 8.50. The van der Waals surface area contributed by atoms with Crippen LogP contribution in [0.25, 0.3) is 0 Å². The summed E-state index contributed by atoms with van der Waals surface area (Å²) in [6.45, 7) is 5.24. The van der Waals surface area contributed by atoms with Crippen LogP contribution in [-0.4, -0.2) is 16.5 Å². The van der Waals surface area contributed by atoms with Gasteiger partial charge in [-0.1, -0.05) is 51.9 Å². The van der Waals surface area contributed by atoms with Gasteiger partial charge in [-0.15, -0.1) is 0 Å². The number of nitrogens with one attached hydrogen (secondary N) is 1. The molecule has 0 fully saturated rings. The molecule has 0 aliphatic rings. The Labute approximate surface area is 111 Å². The monoisotopic (exact) mass is 249 g/mol. The number of hydrogen-bond donors (Lipinski definition) is 1. The first-order chi connectivity index (χ1) is 8.83. The molecule has 0 unspecified atom stereocenters. The molecule has 0 aliphatic carbocycles. The highest BCUT2D eigenvalue weighted by Crippen LogP contribution is 2.08. The second kappa shape index (κ2) is 9.86. The van der Waals surface area contributed by atoms with Crippen LogP contribution in [0.1, 0.15) is 64.0 Å². The van der Waals surface area contributed by atoms with E-state index in [0.29, 0.717) is 0 Å². The van der Waals surface area contributed by atoms with E-state index < -0.39 is 0 Å². The molecule has 3 heteroatoms. The van der Waals surface area contributed by atoms with Crippen molar-refractivity contribution in [3.63, 3.8) is 0 Å². The van der Waals surface area contributed by atoms with E-state index in [9.17, 15) is 0 Å². The standard InChI is InChI=1S/C15H27N3/c1-3-4-5-6-7-8-9-10-12-16-15-17-13-11-14(2)18-15/h11,13H,3-10,12H2,1-2H3,(H,16,17,18). The molecule has 0 atom stereocenters. The third-order valence-corrected chi connectivity index (χ3v) is 3.11. The van der Waals surface area contributed by atoms with E-state index in [1.54, 1.807) is 6.20 Å². The van der Waals surface area contributed by atoms with Crippen molar-refractivity contribution in [2.75, 3.05) is 11.9 Å². The average molecular weight is 249 g/mol. The Morgan fingerprint density at radius 1 is 1.00 bits per heavy atom. The molecule has 1 rings (SSSR count). The van der Waals surface area contributed by atoms with E-state index >= 15 is 0 Å². The lowest BCUT2D eigenvalue weighted by Crippen LogP contribution is -2.05. The second-order valence-corrected chi connectivity index (χ2v) is 4.92. The molecule has 3 nitrogen and oxygen atoms in total. The minimum atomic E-state index is 0.762. The number of hydrogen-bond acceptors (Lipinski definition) is 3. The number of unbranched alkanes of at least 4 members (excludes halogenated alkanes) is 7. The van der Waals surface area contributed by atoms with Crippen molar-refractivity contribution < 1.29 is 0 Å². The van der Waals surface area contributed by atoms with Crippen LogP contribution < -0.4 is 5.32 Å². The highest BCUT2D eigenvalue weighted by Gasteiger charge is 1.95. The number of anilines is 1. The van der Waals surface area contributed by atoms with Crippen LogP contribution in [0.3, 0.4) is 0 Å². The van der Waals surface area contributed by atoms with Gasteiger partial charge < -0.3 is 5.32 Å². The Morgan fingerprint density at radius 2 is 1.67 bits per heavy atom. The van der Waals surface area contributed by atoms with Crippen molar-refractivity contribution in [1.29, 1.82) is 0 Å². The third kappa shape index (κ3) is 7.25. The molecule has 0 amide bonds. The minimum Gasteiger partial charge on any atom is -0.354 e. The summed E-state index contributed by atoms with van der Waals surface area (Å²) >= 11 is 0. The van der Waals surface area contributed by atoms with Gasteiger partial charge in [0.05, 0.1) is 0 Å². The van der Waals surface area contributed by atoms with E-state index in [0.717, 1.165) is 18.2 Å².